The number of aliphatic imine (C=N–C) groups is 1. The molecule has 0 N–H and O–H groups in total. The van der Waals surface area contributed by atoms with Crippen LogP contribution in [0.25, 0.3) is 0 Å². The summed E-state index contributed by atoms with van der Waals surface area (Å²) in [5.41, 5.74) is 4.46. The molecule has 3 rings (SSSR count). The lowest BCUT2D eigenvalue weighted by Crippen LogP contribution is -2.22. The Balaban J connectivity index is 1.98. The lowest BCUT2D eigenvalue weighted by atomic mass is 9.97. The van der Waals surface area contributed by atoms with Gasteiger partial charge in [0, 0.05) is 12.1 Å². The van der Waals surface area contributed by atoms with Gasteiger partial charge in [-0.2, -0.15) is 0 Å². The molecule has 0 spiro atoms. The minimum atomic E-state index is -3.48. The number of fused-ring (bicyclic) bond motifs is 1. The minimum Gasteiger partial charge on any atom is -0.493 e. The summed E-state index contributed by atoms with van der Waals surface area (Å²) in [6.45, 7) is 4.45. The van der Waals surface area contributed by atoms with Crippen molar-refractivity contribution in [3.63, 3.8) is 0 Å². The van der Waals surface area contributed by atoms with Gasteiger partial charge in [0.2, 0.25) is 0 Å². The van der Waals surface area contributed by atoms with Crippen LogP contribution in [0.5, 0.6) is 11.5 Å². The largest absolute Gasteiger partial charge is 0.493 e. The van der Waals surface area contributed by atoms with Crippen LogP contribution in [0.3, 0.4) is 0 Å². The van der Waals surface area contributed by atoms with Crippen molar-refractivity contribution in [3.05, 3.63) is 52.6 Å². The number of hydrogen-bond donors (Lipinski definition) is 0. The maximum absolute atomic E-state index is 12.9. The molecular formula is C20H23NO4S. The molecule has 0 bridgehead atoms. The SMILES string of the molecule is COc1cc2c(cc1OC)C(CS(=O)(=O)c1ccc(C)c(C)c1)=NCC2. The van der Waals surface area contributed by atoms with Gasteiger partial charge < -0.3 is 9.47 Å². The van der Waals surface area contributed by atoms with Crippen molar-refractivity contribution in [2.75, 3.05) is 26.5 Å². The van der Waals surface area contributed by atoms with Crippen LogP contribution in [0.2, 0.25) is 0 Å². The number of rotatable bonds is 5. The van der Waals surface area contributed by atoms with Gasteiger partial charge in [-0.3, -0.25) is 4.99 Å². The van der Waals surface area contributed by atoms with E-state index in [1.165, 1.54) is 0 Å². The number of aryl methyl sites for hydroxylation is 2. The molecule has 1 aliphatic rings. The number of benzene rings is 2. The van der Waals surface area contributed by atoms with E-state index in [9.17, 15) is 8.42 Å². The highest BCUT2D eigenvalue weighted by molar-refractivity contribution is 7.92. The molecule has 0 aliphatic carbocycles. The lowest BCUT2D eigenvalue weighted by Gasteiger charge is -2.20. The Kier molecular flexibility index (Phi) is 5.05. The Bertz CT molecular complexity index is 978. The van der Waals surface area contributed by atoms with Crippen LogP contribution in [-0.4, -0.2) is 40.6 Å². The maximum atomic E-state index is 12.9. The fourth-order valence-corrected chi connectivity index (χ4v) is 4.49. The highest BCUT2D eigenvalue weighted by Gasteiger charge is 2.24. The summed E-state index contributed by atoms with van der Waals surface area (Å²) in [7, 11) is -0.325. The van der Waals surface area contributed by atoms with Crippen molar-refractivity contribution in [3.8, 4) is 11.5 Å². The Morgan fingerprint density at radius 2 is 1.69 bits per heavy atom. The first kappa shape index (κ1) is 18.5. The normalized spacial score (nSPS) is 13.8. The van der Waals surface area contributed by atoms with Gasteiger partial charge >= 0.3 is 0 Å². The quantitative estimate of drug-likeness (QED) is 0.808. The van der Waals surface area contributed by atoms with Crippen molar-refractivity contribution >= 4 is 15.5 Å². The number of methoxy groups -OCH3 is 2. The van der Waals surface area contributed by atoms with E-state index in [-0.39, 0.29) is 5.75 Å². The van der Waals surface area contributed by atoms with Gasteiger partial charge in [-0.05, 0) is 61.2 Å². The van der Waals surface area contributed by atoms with Crippen LogP contribution in [0.15, 0.2) is 40.2 Å². The monoisotopic (exact) mass is 373 g/mol. The van der Waals surface area contributed by atoms with Crippen LogP contribution >= 0.6 is 0 Å². The second kappa shape index (κ2) is 7.11. The molecule has 0 atom stereocenters. The second-order valence-electron chi connectivity index (χ2n) is 6.45. The molecule has 1 aliphatic heterocycles. The summed E-state index contributed by atoms with van der Waals surface area (Å²) >= 11 is 0. The van der Waals surface area contributed by atoms with E-state index in [1.807, 2.05) is 32.0 Å². The van der Waals surface area contributed by atoms with E-state index in [0.29, 0.717) is 28.7 Å². The smallest absolute Gasteiger partial charge is 0.184 e. The van der Waals surface area contributed by atoms with Crippen LogP contribution in [0.4, 0.5) is 0 Å². The van der Waals surface area contributed by atoms with Crippen molar-refractivity contribution in [2.45, 2.75) is 25.2 Å². The first-order valence-electron chi connectivity index (χ1n) is 8.44. The minimum absolute atomic E-state index is 0.127. The maximum Gasteiger partial charge on any atom is 0.184 e. The van der Waals surface area contributed by atoms with E-state index in [0.717, 1.165) is 28.7 Å². The van der Waals surface area contributed by atoms with E-state index in [4.69, 9.17) is 9.47 Å². The third-order valence-corrected chi connectivity index (χ3v) is 6.39. The number of nitrogens with zero attached hydrogens (tertiary/aromatic N) is 1. The van der Waals surface area contributed by atoms with Gasteiger partial charge in [0.25, 0.3) is 0 Å². The molecule has 138 valence electrons. The van der Waals surface area contributed by atoms with Gasteiger partial charge in [-0.25, -0.2) is 8.42 Å². The fraction of sp³-hybridized carbons (Fsp3) is 0.350. The van der Waals surface area contributed by atoms with E-state index < -0.39 is 9.84 Å². The van der Waals surface area contributed by atoms with Gasteiger partial charge in [0.1, 0.15) is 0 Å². The molecule has 0 unspecified atom stereocenters. The third kappa shape index (κ3) is 3.46. The van der Waals surface area contributed by atoms with Crippen molar-refractivity contribution < 1.29 is 17.9 Å². The van der Waals surface area contributed by atoms with Crippen LogP contribution in [0.1, 0.15) is 22.3 Å². The zero-order chi connectivity index (χ0) is 18.9. The zero-order valence-electron chi connectivity index (χ0n) is 15.5. The molecule has 2 aromatic carbocycles. The molecule has 0 radical (unpaired) electrons. The number of hydrogen-bond acceptors (Lipinski definition) is 5. The molecule has 0 fully saturated rings. The summed E-state index contributed by atoms with van der Waals surface area (Å²) in [6.07, 6.45) is 0.753. The van der Waals surface area contributed by atoms with Crippen molar-refractivity contribution in [2.24, 2.45) is 4.99 Å². The van der Waals surface area contributed by atoms with Crippen molar-refractivity contribution in [1.82, 2.24) is 0 Å². The fourth-order valence-electron chi connectivity index (χ4n) is 3.09. The average molecular weight is 373 g/mol. The first-order chi connectivity index (χ1) is 12.4. The number of ether oxygens (including phenoxy) is 2. The Hall–Kier alpha value is -2.34. The van der Waals surface area contributed by atoms with Gasteiger partial charge in [0.05, 0.1) is 30.6 Å². The van der Waals surface area contributed by atoms with E-state index >= 15 is 0 Å². The molecule has 5 nitrogen and oxygen atoms in total. The molecule has 6 heteroatoms. The van der Waals surface area contributed by atoms with Gasteiger partial charge in [-0.15, -0.1) is 0 Å². The zero-order valence-corrected chi connectivity index (χ0v) is 16.3. The van der Waals surface area contributed by atoms with E-state index in [2.05, 4.69) is 4.99 Å². The molecule has 1 heterocycles. The van der Waals surface area contributed by atoms with Crippen molar-refractivity contribution in [1.29, 1.82) is 0 Å². The molecule has 2 aromatic rings. The average Bonchev–Trinajstić information content (AvgIpc) is 2.62. The summed E-state index contributed by atoms with van der Waals surface area (Å²) in [6, 6.07) is 8.96. The topological polar surface area (TPSA) is 65.0 Å². The standard InChI is InChI=1S/C20H23NO4S/c1-13-5-6-16(9-14(13)2)26(22,23)12-18-17-11-20(25-4)19(24-3)10-15(17)7-8-21-18/h5-6,9-11H,7-8,12H2,1-4H3. The molecular weight excluding hydrogens is 350 g/mol. The second-order valence-corrected chi connectivity index (χ2v) is 8.44. The summed E-state index contributed by atoms with van der Waals surface area (Å²) in [5, 5.41) is 0. The molecule has 0 saturated heterocycles. The van der Waals surface area contributed by atoms with Gasteiger partial charge in [-0.1, -0.05) is 6.07 Å². The predicted octanol–water partition coefficient (Wildman–Crippen LogP) is 3.14. The van der Waals surface area contributed by atoms with E-state index in [1.54, 1.807) is 26.4 Å². The Labute approximate surface area is 154 Å². The molecule has 0 aromatic heterocycles. The summed E-state index contributed by atoms with van der Waals surface area (Å²) in [5.74, 6) is 1.09. The highest BCUT2D eigenvalue weighted by atomic mass is 32.2. The Morgan fingerprint density at radius 3 is 2.35 bits per heavy atom. The summed E-state index contributed by atoms with van der Waals surface area (Å²) in [4.78, 5) is 4.82. The van der Waals surface area contributed by atoms with Gasteiger partial charge in [0.15, 0.2) is 21.3 Å². The van der Waals surface area contributed by atoms with Crippen LogP contribution in [0, 0.1) is 13.8 Å². The van der Waals surface area contributed by atoms with Crippen LogP contribution < -0.4 is 9.47 Å². The Morgan fingerprint density at radius 1 is 1.00 bits per heavy atom. The summed E-state index contributed by atoms with van der Waals surface area (Å²) < 4.78 is 36.5. The van der Waals surface area contributed by atoms with Crippen LogP contribution in [-0.2, 0) is 16.3 Å². The molecule has 0 saturated carbocycles. The third-order valence-electron chi connectivity index (χ3n) is 4.77. The predicted molar refractivity (Wildman–Crippen MR) is 103 cm³/mol. The molecule has 26 heavy (non-hydrogen) atoms. The lowest BCUT2D eigenvalue weighted by molar-refractivity contribution is 0.354. The number of sulfone groups is 1. The molecule has 0 amide bonds. The highest BCUT2D eigenvalue weighted by Crippen LogP contribution is 2.33. The first-order valence-corrected chi connectivity index (χ1v) is 10.1.